The number of rotatable bonds is 8. The molecule has 0 unspecified atom stereocenters. The summed E-state index contributed by atoms with van der Waals surface area (Å²) in [6, 6.07) is 12.2. The molecule has 12 heteroatoms. The van der Waals surface area contributed by atoms with Crippen molar-refractivity contribution >= 4 is 21.8 Å². The summed E-state index contributed by atoms with van der Waals surface area (Å²) in [4.78, 5) is 13.2. The maximum absolute atomic E-state index is 13.4. The summed E-state index contributed by atoms with van der Waals surface area (Å²) in [5.41, 5.74) is 2.40. The summed E-state index contributed by atoms with van der Waals surface area (Å²) in [7, 11) is -3.78. The largest absolute Gasteiger partial charge is 0.432 e. The van der Waals surface area contributed by atoms with Gasteiger partial charge in [0.1, 0.15) is 29.3 Å². The lowest BCUT2D eigenvalue weighted by molar-refractivity contribution is 0.581. The molecule has 0 spiro atoms. The molecule has 0 bridgehead atoms. The van der Waals surface area contributed by atoms with Crippen LogP contribution in [-0.4, -0.2) is 40.9 Å². The Morgan fingerprint density at radius 2 is 1.63 bits per heavy atom. The van der Waals surface area contributed by atoms with Crippen LogP contribution >= 0.6 is 0 Å². The number of imidazole rings is 1. The smallest absolute Gasteiger partial charge is 0.306 e. The maximum atomic E-state index is 13.4. The molecule has 0 amide bonds. The second kappa shape index (κ2) is 9.24. The molecular formula is C23H18F2N6O3S. The van der Waals surface area contributed by atoms with Gasteiger partial charge in [0.05, 0.1) is 10.6 Å². The van der Waals surface area contributed by atoms with Gasteiger partial charge in [0.2, 0.25) is 16.0 Å². The molecule has 3 aromatic heterocycles. The fraction of sp³-hybridized carbons (Fsp3) is 0.0870. The minimum Gasteiger partial charge on any atom is -0.432 e. The van der Waals surface area contributed by atoms with Crippen LogP contribution in [-0.2, 0) is 10.0 Å². The van der Waals surface area contributed by atoms with E-state index in [9.17, 15) is 17.2 Å². The van der Waals surface area contributed by atoms with Gasteiger partial charge in [-0.15, -0.1) is 0 Å². The summed E-state index contributed by atoms with van der Waals surface area (Å²) in [5.74, 6) is -0.257. The quantitative estimate of drug-likeness (QED) is 0.315. The second-order valence-corrected chi connectivity index (χ2v) is 9.18. The first-order valence-electron chi connectivity index (χ1n) is 10.4. The Hall–Kier alpha value is -4.16. The summed E-state index contributed by atoms with van der Waals surface area (Å²) >= 11 is 0. The van der Waals surface area contributed by atoms with Crippen molar-refractivity contribution in [2.45, 2.75) is 4.90 Å². The number of nitrogens with one attached hydrogen (secondary N) is 2. The Morgan fingerprint density at radius 3 is 2.37 bits per heavy atom. The van der Waals surface area contributed by atoms with Gasteiger partial charge in [0, 0.05) is 31.0 Å². The third kappa shape index (κ3) is 4.74. The molecule has 2 aromatic carbocycles. The van der Waals surface area contributed by atoms with Crippen LogP contribution in [0.5, 0.6) is 0 Å². The van der Waals surface area contributed by atoms with E-state index in [1.807, 2.05) is 0 Å². The molecular weight excluding hydrogens is 478 g/mol. The van der Waals surface area contributed by atoms with Gasteiger partial charge in [-0.1, -0.05) is 0 Å². The van der Waals surface area contributed by atoms with Crippen molar-refractivity contribution in [2.24, 2.45) is 0 Å². The molecule has 0 saturated carbocycles. The number of hydrogen-bond donors (Lipinski definition) is 2. The number of anilines is 1. The Bertz CT molecular complexity index is 1580. The van der Waals surface area contributed by atoms with Crippen LogP contribution in [0.15, 0.2) is 82.6 Å². The minimum atomic E-state index is -3.78. The zero-order chi connectivity index (χ0) is 24.4. The third-order valence-electron chi connectivity index (χ3n) is 5.10. The molecule has 9 nitrogen and oxygen atoms in total. The highest BCUT2D eigenvalue weighted by molar-refractivity contribution is 7.89. The number of benzene rings is 2. The van der Waals surface area contributed by atoms with Crippen LogP contribution in [0.2, 0.25) is 0 Å². The number of sulfonamides is 1. The molecule has 0 saturated heterocycles. The topological polar surface area (TPSA) is 114 Å². The Labute approximate surface area is 198 Å². The molecule has 0 aliphatic rings. The molecule has 0 fully saturated rings. The van der Waals surface area contributed by atoms with Crippen molar-refractivity contribution in [1.29, 1.82) is 0 Å². The van der Waals surface area contributed by atoms with Crippen LogP contribution in [0.1, 0.15) is 0 Å². The Balaban J connectivity index is 1.33. The highest BCUT2D eigenvalue weighted by atomic mass is 32.2. The normalized spacial score (nSPS) is 11.7. The van der Waals surface area contributed by atoms with Crippen molar-refractivity contribution in [1.82, 2.24) is 24.1 Å². The van der Waals surface area contributed by atoms with E-state index in [4.69, 9.17) is 4.42 Å². The van der Waals surface area contributed by atoms with Crippen molar-refractivity contribution in [3.05, 3.63) is 84.9 Å². The molecule has 5 aromatic rings. The highest BCUT2D eigenvalue weighted by Crippen LogP contribution is 2.32. The van der Waals surface area contributed by atoms with E-state index in [2.05, 4.69) is 25.0 Å². The van der Waals surface area contributed by atoms with E-state index >= 15 is 0 Å². The SMILES string of the molecule is O=S(=O)(NCCNc1nccc(-c2c(-c3ccc(F)cc3)nc3occn23)n1)c1ccc(F)cc1. The first-order valence-corrected chi connectivity index (χ1v) is 11.9. The van der Waals surface area contributed by atoms with E-state index in [0.717, 1.165) is 12.1 Å². The number of hydrogen-bond acceptors (Lipinski definition) is 7. The lowest BCUT2D eigenvalue weighted by atomic mass is 10.1. The minimum absolute atomic E-state index is 0.0321. The molecule has 0 atom stereocenters. The number of aromatic nitrogens is 4. The standard InChI is InChI=1S/C23H18F2N6O3S/c24-16-3-1-15(2-4-16)20-21(31-13-14-34-23(31)30-20)19-9-10-26-22(29-19)27-11-12-28-35(32,33)18-7-5-17(25)6-8-18/h1-10,13-14,28H,11-12H2,(H,26,27,29). The molecule has 0 aliphatic carbocycles. The number of halogens is 2. The fourth-order valence-corrected chi connectivity index (χ4v) is 4.50. The molecule has 0 radical (unpaired) electrons. The van der Waals surface area contributed by atoms with Crippen molar-refractivity contribution in [2.75, 3.05) is 18.4 Å². The van der Waals surface area contributed by atoms with Gasteiger partial charge in [-0.05, 0) is 54.6 Å². The van der Waals surface area contributed by atoms with Gasteiger partial charge >= 0.3 is 5.84 Å². The zero-order valence-corrected chi connectivity index (χ0v) is 18.8. The zero-order valence-electron chi connectivity index (χ0n) is 18.0. The van der Waals surface area contributed by atoms with E-state index in [1.165, 1.54) is 30.5 Å². The van der Waals surface area contributed by atoms with Crippen molar-refractivity contribution < 1.29 is 21.6 Å². The Kier molecular flexibility index (Phi) is 5.97. The summed E-state index contributed by atoms with van der Waals surface area (Å²) in [6.07, 6.45) is 4.75. The predicted octanol–water partition coefficient (Wildman–Crippen LogP) is 3.72. The van der Waals surface area contributed by atoms with Crippen molar-refractivity contribution in [3.8, 4) is 22.6 Å². The first kappa shape index (κ1) is 22.6. The lowest BCUT2D eigenvalue weighted by Gasteiger charge is -2.09. The molecule has 0 aliphatic heterocycles. The fourth-order valence-electron chi connectivity index (χ4n) is 3.47. The number of nitrogens with zero attached hydrogens (tertiary/aromatic N) is 4. The predicted molar refractivity (Wildman–Crippen MR) is 124 cm³/mol. The average Bonchev–Trinajstić information content (AvgIpc) is 3.44. The molecule has 178 valence electrons. The van der Waals surface area contributed by atoms with Crippen molar-refractivity contribution in [3.63, 3.8) is 0 Å². The van der Waals surface area contributed by atoms with Crippen LogP contribution in [0, 0.1) is 11.6 Å². The monoisotopic (exact) mass is 496 g/mol. The van der Waals surface area contributed by atoms with E-state index in [1.54, 1.807) is 35.0 Å². The van der Waals surface area contributed by atoms with Gasteiger partial charge in [0.25, 0.3) is 0 Å². The summed E-state index contributed by atoms with van der Waals surface area (Å²) < 4.78 is 60.7. The van der Waals surface area contributed by atoms with Gasteiger partial charge in [-0.3, -0.25) is 4.40 Å². The van der Waals surface area contributed by atoms with Crippen LogP contribution < -0.4 is 10.0 Å². The number of oxazole rings is 1. The molecule has 3 heterocycles. The molecule has 35 heavy (non-hydrogen) atoms. The van der Waals surface area contributed by atoms with Gasteiger partial charge in [-0.2, -0.15) is 4.98 Å². The number of fused-ring (bicyclic) bond motifs is 1. The van der Waals surface area contributed by atoms with Crippen LogP contribution in [0.3, 0.4) is 0 Å². The van der Waals surface area contributed by atoms with Gasteiger partial charge in [-0.25, -0.2) is 31.9 Å². The highest BCUT2D eigenvalue weighted by Gasteiger charge is 2.19. The average molecular weight is 496 g/mol. The molecule has 5 rings (SSSR count). The first-order chi connectivity index (χ1) is 16.9. The van der Waals surface area contributed by atoms with Crippen LogP contribution in [0.4, 0.5) is 14.7 Å². The lowest BCUT2D eigenvalue weighted by Crippen LogP contribution is -2.29. The second-order valence-electron chi connectivity index (χ2n) is 7.42. The van der Waals surface area contributed by atoms with E-state index in [-0.39, 0.29) is 29.8 Å². The van der Waals surface area contributed by atoms with Gasteiger partial charge in [0.15, 0.2) is 0 Å². The van der Waals surface area contributed by atoms with Crippen LogP contribution in [0.25, 0.3) is 28.5 Å². The Morgan fingerprint density at radius 1 is 0.914 bits per heavy atom. The van der Waals surface area contributed by atoms with E-state index < -0.39 is 15.8 Å². The summed E-state index contributed by atoms with van der Waals surface area (Å²) in [6.45, 7) is 0.245. The molecule has 2 N–H and O–H groups in total. The maximum Gasteiger partial charge on any atom is 0.306 e. The summed E-state index contributed by atoms with van der Waals surface area (Å²) in [5, 5.41) is 2.98. The third-order valence-corrected chi connectivity index (χ3v) is 6.58. The van der Waals surface area contributed by atoms with E-state index in [0.29, 0.717) is 28.5 Å². The van der Waals surface area contributed by atoms with Gasteiger partial charge < -0.3 is 9.73 Å².